The van der Waals surface area contributed by atoms with E-state index < -0.39 is 0 Å². The fraction of sp³-hybridized carbons (Fsp3) is 0.714. The molecule has 2 bridgehead atoms. The van der Waals surface area contributed by atoms with Crippen LogP contribution in [0.1, 0.15) is 35.9 Å². The van der Waals surface area contributed by atoms with Crippen LogP contribution in [0.25, 0.3) is 0 Å². The van der Waals surface area contributed by atoms with Crippen molar-refractivity contribution in [2.75, 3.05) is 0 Å². The number of ether oxygens (including phenoxy) is 1. The van der Waals surface area contributed by atoms with Gasteiger partial charge in [-0.2, -0.15) is 0 Å². The lowest BCUT2D eigenvalue weighted by atomic mass is 9.84. The number of aliphatic hydroxyl groups excluding tert-OH is 1. The molecule has 94 valence electrons. The summed E-state index contributed by atoms with van der Waals surface area (Å²) < 4.78 is 5.81. The van der Waals surface area contributed by atoms with Crippen LogP contribution in [0.5, 0.6) is 0 Å². The third kappa shape index (κ3) is 2.28. The number of hydrogen-bond donors (Lipinski definition) is 1. The molecule has 0 aromatic carbocycles. The van der Waals surface area contributed by atoms with E-state index in [2.05, 4.69) is 19.1 Å². The van der Waals surface area contributed by atoms with Crippen molar-refractivity contribution >= 4 is 11.3 Å². The lowest BCUT2D eigenvalue weighted by Crippen LogP contribution is -2.30. The maximum Gasteiger partial charge on any atom is 0.0642 e. The van der Waals surface area contributed by atoms with Crippen molar-refractivity contribution in [1.82, 2.24) is 0 Å². The smallest absolute Gasteiger partial charge is 0.0642 e. The van der Waals surface area contributed by atoms with Gasteiger partial charge in [-0.25, -0.2) is 0 Å². The Labute approximate surface area is 107 Å². The van der Waals surface area contributed by atoms with Gasteiger partial charge in [0.2, 0.25) is 0 Å². The van der Waals surface area contributed by atoms with Crippen LogP contribution in [-0.4, -0.2) is 23.4 Å². The molecule has 0 aliphatic carbocycles. The first-order valence-electron chi connectivity index (χ1n) is 6.67. The first-order valence-corrected chi connectivity index (χ1v) is 7.49. The van der Waals surface area contributed by atoms with Gasteiger partial charge in [-0.3, -0.25) is 0 Å². The Balaban J connectivity index is 1.61. The summed E-state index contributed by atoms with van der Waals surface area (Å²) in [5, 5.41) is 10.3. The summed E-state index contributed by atoms with van der Waals surface area (Å²) in [4.78, 5) is 2.73. The highest BCUT2D eigenvalue weighted by atomic mass is 32.1. The molecule has 2 nitrogen and oxygen atoms in total. The minimum atomic E-state index is -0.214. The maximum atomic E-state index is 10.3. The van der Waals surface area contributed by atoms with Gasteiger partial charge in [0.15, 0.2) is 0 Å². The van der Waals surface area contributed by atoms with Crippen molar-refractivity contribution in [3.8, 4) is 0 Å². The zero-order chi connectivity index (χ0) is 11.8. The van der Waals surface area contributed by atoms with E-state index in [0.717, 1.165) is 25.7 Å². The minimum absolute atomic E-state index is 0.214. The van der Waals surface area contributed by atoms with Crippen molar-refractivity contribution in [2.24, 2.45) is 5.92 Å². The van der Waals surface area contributed by atoms with Crippen molar-refractivity contribution in [3.63, 3.8) is 0 Å². The second-order valence-corrected chi connectivity index (χ2v) is 6.52. The van der Waals surface area contributed by atoms with E-state index in [-0.39, 0.29) is 6.10 Å². The molecule has 3 heterocycles. The molecule has 2 fully saturated rings. The second-order valence-electron chi connectivity index (χ2n) is 5.27. The van der Waals surface area contributed by atoms with Gasteiger partial charge in [-0.1, -0.05) is 6.92 Å². The van der Waals surface area contributed by atoms with Crippen molar-refractivity contribution in [1.29, 1.82) is 0 Å². The molecule has 3 heteroatoms. The van der Waals surface area contributed by atoms with Gasteiger partial charge in [-0.05, 0) is 37.8 Å². The Morgan fingerprint density at radius 2 is 2.24 bits per heavy atom. The van der Waals surface area contributed by atoms with Gasteiger partial charge in [0, 0.05) is 22.1 Å². The fourth-order valence-electron chi connectivity index (χ4n) is 3.16. The molecular formula is C14H20O2S. The molecule has 4 atom stereocenters. The van der Waals surface area contributed by atoms with E-state index >= 15 is 0 Å². The molecule has 2 aliphatic rings. The molecule has 2 aliphatic heterocycles. The summed E-state index contributed by atoms with van der Waals surface area (Å²) >= 11 is 1.84. The van der Waals surface area contributed by atoms with Crippen LogP contribution >= 0.6 is 11.3 Å². The molecule has 1 aromatic heterocycles. The largest absolute Gasteiger partial charge is 0.392 e. The van der Waals surface area contributed by atoms with Gasteiger partial charge >= 0.3 is 0 Å². The second kappa shape index (κ2) is 4.71. The van der Waals surface area contributed by atoms with Gasteiger partial charge in [0.05, 0.1) is 18.3 Å². The Morgan fingerprint density at radius 3 is 2.82 bits per heavy atom. The highest BCUT2D eigenvalue weighted by Gasteiger charge is 2.43. The molecule has 3 rings (SSSR count). The van der Waals surface area contributed by atoms with E-state index in [9.17, 15) is 5.11 Å². The minimum Gasteiger partial charge on any atom is -0.392 e. The summed E-state index contributed by atoms with van der Waals surface area (Å²) in [5.74, 6) is 0.376. The lowest BCUT2D eigenvalue weighted by molar-refractivity contribution is 0.0435. The topological polar surface area (TPSA) is 29.5 Å². The molecule has 0 saturated carbocycles. The molecule has 4 unspecified atom stereocenters. The summed E-state index contributed by atoms with van der Waals surface area (Å²) in [6.45, 7) is 2.18. The standard InChI is InChI=1S/C14H20O2S/c1-2-10-4-5-11(17-10)8-13(15)12-7-9-3-6-14(12)16-9/h4-5,9,12-15H,2-3,6-8H2,1H3. The number of rotatable bonds is 4. The predicted octanol–water partition coefficient (Wildman–Crippen LogP) is 2.78. The predicted molar refractivity (Wildman–Crippen MR) is 69.4 cm³/mol. The third-order valence-corrected chi connectivity index (χ3v) is 5.38. The van der Waals surface area contributed by atoms with Crippen LogP contribution in [0, 0.1) is 5.92 Å². The average molecular weight is 252 g/mol. The van der Waals surface area contributed by atoms with Crippen molar-refractivity contribution in [2.45, 2.75) is 57.3 Å². The number of aliphatic hydroxyl groups is 1. The van der Waals surface area contributed by atoms with Crippen molar-refractivity contribution in [3.05, 3.63) is 21.9 Å². The number of thiophene rings is 1. The molecule has 1 aromatic rings. The molecule has 17 heavy (non-hydrogen) atoms. The van der Waals surface area contributed by atoms with E-state index in [0.29, 0.717) is 18.1 Å². The monoisotopic (exact) mass is 252 g/mol. The first-order chi connectivity index (χ1) is 8.26. The fourth-order valence-corrected chi connectivity index (χ4v) is 4.17. The quantitative estimate of drug-likeness (QED) is 0.893. The van der Waals surface area contributed by atoms with Crippen LogP contribution in [0.3, 0.4) is 0 Å². The van der Waals surface area contributed by atoms with Gasteiger partial charge in [0.25, 0.3) is 0 Å². The lowest BCUT2D eigenvalue weighted by Gasteiger charge is -2.23. The molecular weight excluding hydrogens is 232 g/mol. The maximum absolute atomic E-state index is 10.3. The van der Waals surface area contributed by atoms with Crippen LogP contribution in [0.2, 0.25) is 0 Å². The summed E-state index contributed by atoms with van der Waals surface area (Å²) in [6.07, 6.45) is 5.88. The Morgan fingerprint density at radius 1 is 1.41 bits per heavy atom. The first kappa shape index (κ1) is 11.7. The molecule has 0 spiro atoms. The Hall–Kier alpha value is -0.380. The summed E-state index contributed by atoms with van der Waals surface area (Å²) in [6, 6.07) is 4.35. The van der Waals surface area contributed by atoms with Gasteiger partial charge in [-0.15, -0.1) is 11.3 Å². The number of hydrogen-bond acceptors (Lipinski definition) is 3. The van der Waals surface area contributed by atoms with E-state index in [1.807, 2.05) is 11.3 Å². The molecule has 0 radical (unpaired) electrons. The zero-order valence-electron chi connectivity index (χ0n) is 10.3. The highest BCUT2D eigenvalue weighted by molar-refractivity contribution is 7.11. The third-order valence-electron chi connectivity index (χ3n) is 4.12. The van der Waals surface area contributed by atoms with Crippen LogP contribution in [-0.2, 0) is 17.6 Å². The van der Waals surface area contributed by atoms with E-state index in [1.54, 1.807) is 0 Å². The highest BCUT2D eigenvalue weighted by Crippen LogP contribution is 2.41. The normalized spacial score (nSPS) is 33.2. The SMILES string of the molecule is CCc1ccc(CC(O)C2CC3CCC2O3)s1. The zero-order valence-corrected chi connectivity index (χ0v) is 11.1. The van der Waals surface area contributed by atoms with Crippen molar-refractivity contribution < 1.29 is 9.84 Å². The molecule has 1 N–H and O–H groups in total. The van der Waals surface area contributed by atoms with E-state index in [4.69, 9.17) is 4.74 Å². The van der Waals surface area contributed by atoms with Crippen LogP contribution < -0.4 is 0 Å². The van der Waals surface area contributed by atoms with Gasteiger partial charge in [0.1, 0.15) is 0 Å². The average Bonchev–Trinajstić information content (AvgIpc) is 3.04. The number of aryl methyl sites for hydroxylation is 1. The van der Waals surface area contributed by atoms with E-state index in [1.165, 1.54) is 16.2 Å². The number of fused-ring (bicyclic) bond motifs is 2. The summed E-state index contributed by atoms with van der Waals surface area (Å²) in [5.41, 5.74) is 0. The van der Waals surface area contributed by atoms with Gasteiger partial charge < -0.3 is 9.84 Å². The molecule has 2 saturated heterocycles. The molecule has 0 amide bonds. The summed E-state index contributed by atoms with van der Waals surface area (Å²) in [7, 11) is 0. The Kier molecular flexibility index (Phi) is 3.24. The van der Waals surface area contributed by atoms with Crippen LogP contribution in [0.15, 0.2) is 12.1 Å². The Bertz CT molecular complexity index is 387. The van der Waals surface area contributed by atoms with Crippen LogP contribution in [0.4, 0.5) is 0 Å².